The summed E-state index contributed by atoms with van der Waals surface area (Å²) in [4.78, 5) is 28.9. The molecule has 0 radical (unpaired) electrons. The molecule has 4 rings (SSSR count). The molecule has 1 fully saturated rings. The number of amides is 1. The highest BCUT2D eigenvalue weighted by Gasteiger charge is 2.34. The van der Waals surface area contributed by atoms with E-state index in [0.29, 0.717) is 19.7 Å². The number of nitrogens with zero attached hydrogens (tertiary/aromatic N) is 2. The summed E-state index contributed by atoms with van der Waals surface area (Å²) >= 11 is 3.66. The Morgan fingerprint density at radius 1 is 1.30 bits per heavy atom. The third kappa shape index (κ3) is 3.67. The fourth-order valence-corrected chi connectivity index (χ4v) is 6.30. The number of esters is 1. The number of thioether (sulfide) groups is 1. The Labute approximate surface area is 167 Å². The van der Waals surface area contributed by atoms with E-state index in [1.165, 1.54) is 10.4 Å². The summed E-state index contributed by atoms with van der Waals surface area (Å²) in [6.07, 6.45) is 6.58. The van der Waals surface area contributed by atoms with Crippen molar-refractivity contribution in [3.8, 4) is 5.00 Å². The van der Waals surface area contributed by atoms with Crippen LogP contribution < -0.4 is 0 Å². The topological polar surface area (TPSA) is 51.5 Å². The first-order valence-corrected chi connectivity index (χ1v) is 11.5. The van der Waals surface area contributed by atoms with Gasteiger partial charge in [0.2, 0.25) is 0 Å². The number of fused-ring (bicyclic) bond motifs is 1. The van der Waals surface area contributed by atoms with Gasteiger partial charge in [0.05, 0.1) is 18.1 Å². The Hall–Kier alpha value is -1.73. The zero-order valence-electron chi connectivity index (χ0n) is 15.5. The molecule has 4 heterocycles. The molecule has 0 spiro atoms. The van der Waals surface area contributed by atoms with Crippen molar-refractivity contribution in [2.24, 2.45) is 5.92 Å². The summed E-state index contributed by atoms with van der Waals surface area (Å²) in [7, 11) is 0. The van der Waals surface area contributed by atoms with Crippen molar-refractivity contribution in [2.45, 2.75) is 31.9 Å². The van der Waals surface area contributed by atoms with E-state index in [9.17, 15) is 9.59 Å². The first-order valence-electron chi connectivity index (χ1n) is 9.50. The van der Waals surface area contributed by atoms with Gasteiger partial charge >= 0.3 is 5.97 Å². The highest BCUT2D eigenvalue weighted by Crippen LogP contribution is 2.39. The van der Waals surface area contributed by atoms with E-state index >= 15 is 0 Å². The van der Waals surface area contributed by atoms with Gasteiger partial charge in [-0.05, 0) is 49.6 Å². The summed E-state index contributed by atoms with van der Waals surface area (Å²) in [6, 6.07) is 3.97. The highest BCUT2D eigenvalue weighted by molar-refractivity contribution is 7.98. The van der Waals surface area contributed by atoms with Gasteiger partial charge in [-0.1, -0.05) is 0 Å². The van der Waals surface area contributed by atoms with Crippen LogP contribution >= 0.6 is 23.1 Å². The number of hydrogen-bond acceptors (Lipinski definition) is 5. The first-order chi connectivity index (χ1) is 13.2. The minimum absolute atomic E-state index is 0.0668. The minimum atomic E-state index is -0.206. The van der Waals surface area contributed by atoms with E-state index in [1.807, 2.05) is 52.7 Å². The van der Waals surface area contributed by atoms with E-state index in [4.69, 9.17) is 4.74 Å². The molecule has 0 N–H and O–H groups in total. The predicted molar refractivity (Wildman–Crippen MR) is 109 cm³/mol. The molecule has 1 atom stereocenters. The molecule has 7 heteroatoms. The molecule has 2 aliphatic rings. The summed E-state index contributed by atoms with van der Waals surface area (Å²) < 4.78 is 7.24. The maximum Gasteiger partial charge on any atom is 0.310 e. The van der Waals surface area contributed by atoms with Crippen LogP contribution in [-0.4, -0.2) is 46.8 Å². The molecule has 2 aliphatic heterocycles. The molecule has 27 heavy (non-hydrogen) atoms. The summed E-state index contributed by atoms with van der Waals surface area (Å²) in [5.41, 5.74) is 2.06. The number of thiophene rings is 1. The molecule has 0 aliphatic carbocycles. The van der Waals surface area contributed by atoms with Crippen LogP contribution in [0.4, 0.5) is 0 Å². The number of rotatable bonds is 4. The van der Waals surface area contributed by atoms with Crippen molar-refractivity contribution >= 4 is 35.0 Å². The van der Waals surface area contributed by atoms with E-state index in [1.54, 1.807) is 11.3 Å². The average molecular weight is 405 g/mol. The third-order valence-electron chi connectivity index (χ3n) is 5.18. The number of carbonyl (C=O) groups is 2. The number of likely N-dealkylation sites (tertiary alicyclic amines) is 1. The van der Waals surface area contributed by atoms with Crippen molar-refractivity contribution in [3.05, 3.63) is 40.5 Å². The van der Waals surface area contributed by atoms with Crippen LogP contribution in [-0.2, 0) is 21.7 Å². The Morgan fingerprint density at radius 2 is 2.11 bits per heavy atom. The van der Waals surface area contributed by atoms with Crippen LogP contribution in [0, 0.1) is 5.92 Å². The van der Waals surface area contributed by atoms with Gasteiger partial charge in [0.25, 0.3) is 5.91 Å². The Bertz CT molecular complexity index is 829. The van der Waals surface area contributed by atoms with E-state index in [2.05, 4.69) is 0 Å². The summed E-state index contributed by atoms with van der Waals surface area (Å²) in [6.45, 7) is 3.38. The number of carbonyl (C=O) groups excluding carboxylic acids is 2. The molecule has 0 saturated carbocycles. The standard InChI is InChI=1S/C20H24N2O3S2/c1-2-25-20(24)14-6-5-10-22(12-14)18(23)17-15-7-11-26-13-16(15)27-19(17)21-8-3-4-9-21/h3-4,8-9,14H,2,5-7,10-13H2,1H3. The number of hydrogen-bond donors (Lipinski definition) is 0. The van der Waals surface area contributed by atoms with Gasteiger partial charge in [-0.2, -0.15) is 11.8 Å². The Balaban J connectivity index is 1.65. The van der Waals surface area contributed by atoms with Crippen molar-refractivity contribution in [3.63, 3.8) is 0 Å². The lowest BCUT2D eigenvalue weighted by Gasteiger charge is -2.32. The molecular weight excluding hydrogens is 380 g/mol. The van der Waals surface area contributed by atoms with Gasteiger partial charge < -0.3 is 14.2 Å². The molecule has 1 saturated heterocycles. The molecule has 0 bridgehead atoms. The van der Waals surface area contributed by atoms with Crippen molar-refractivity contribution in [1.82, 2.24) is 9.47 Å². The van der Waals surface area contributed by atoms with Gasteiger partial charge in [-0.15, -0.1) is 11.3 Å². The maximum atomic E-state index is 13.5. The zero-order valence-corrected chi connectivity index (χ0v) is 17.1. The van der Waals surface area contributed by atoms with E-state index < -0.39 is 0 Å². The van der Waals surface area contributed by atoms with Crippen LogP contribution in [0.3, 0.4) is 0 Å². The van der Waals surface area contributed by atoms with E-state index in [-0.39, 0.29) is 17.8 Å². The molecule has 1 unspecified atom stereocenters. The number of piperidine rings is 1. The van der Waals surface area contributed by atoms with Crippen LogP contribution in [0.5, 0.6) is 0 Å². The quantitative estimate of drug-likeness (QED) is 0.729. The van der Waals surface area contributed by atoms with E-state index in [0.717, 1.165) is 41.3 Å². The predicted octanol–water partition coefficient (Wildman–Crippen LogP) is 3.74. The van der Waals surface area contributed by atoms with Crippen LogP contribution in [0.1, 0.15) is 40.6 Å². The highest BCUT2D eigenvalue weighted by atomic mass is 32.2. The first kappa shape index (κ1) is 18.6. The summed E-state index contributed by atoms with van der Waals surface area (Å²) in [5, 5.41) is 1.01. The van der Waals surface area contributed by atoms with Crippen molar-refractivity contribution < 1.29 is 14.3 Å². The Kier molecular flexibility index (Phi) is 5.59. The number of aromatic nitrogens is 1. The lowest BCUT2D eigenvalue weighted by molar-refractivity contribution is -0.149. The molecular formula is C20H24N2O3S2. The van der Waals surface area contributed by atoms with Crippen LogP contribution in [0.25, 0.3) is 5.00 Å². The van der Waals surface area contributed by atoms with Crippen molar-refractivity contribution in [1.29, 1.82) is 0 Å². The second-order valence-corrected chi connectivity index (χ2v) is 9.11. The average Bonchev–Trinajstić information content (AvgIpc) is 3.35. The maximum absolute atomic E-state index is 13.5. The SMILES string of the molecule is CCOC(=O)C1CCCN(C(=O)c2c(-n3cccc3)sc3c2CCSC3)C1. The minimum Gasteiger partial charge on any atom is -0.466 e. The fraction of sp³-hybridized carbons (Fsp3) is 0.500. The largest absolute Gasteiger partial charge is 0.466 e. The van der Waals surface area contributed by atoms with Crippen LogP contribution in [0.2, 0.25) is 0 Å². The monoisotopic (exact) mass is 404 g/mol. The molecule has 2 aromatic rings. The fourth-order valence-electron chi connectivity index (χ4n) is 3.86. The molecule has 144 valence electrons. The van der Waals surface area contributed by atoms with Gasteiger partial charge in [0.1, 0.15) is 5.00 Å². The van der Waals surface area contributed by atoms with Gasteiger partial charge in [0, 0.05) is 36.1 Å². The van der Waals surface area contributed by atoms with Crippen molar-refractivity contribution in [2.75, 3.05) is 25.4 Å². The zero-order chi connectivity index (χ0) is 18.8. The number of ether oxygens (including phenoxy) is 1. The Morgan fingerprint density at radius 3 is 2.89 bits per heavy atom. The second-order valence-electron chi connectivity index (χ2n) is 6.92. The van der Waals surface area contributed by atoms with Crippen LogP contribution in [0.15, 0.2) is 24.5 Å². The molecule has 1 amide bonds. The van der Waals surface area contributed by atoms with Gasteiger partial charge in [-0.3, -0.25) is 9.59 Å². The lowest BCUT2D eigenvalue weighted by atomic mass is 9.97. The lowest BCUT2D eigenvalue weighted by Crippen LogP contribution is -2.43. The van der Waals surface area contributed by atoms with Gasteiger partial charge in [-0.25, -0.2) is 0 Å². The smallest absolute Gasteiger partial charge is 0.310 e. The molecule has 2 aromatic heterocycles. The molecule has 5 nitrogen and oxygen atoms in total. The normalized spacial score (nSPS) is 19.6. The van der Waals surface area contributed by atoms with Gasteiger partial charge in [0.15, 0.2) is 0 Å². The second kappa shape index (κ2) is 8.10. The third-order valence-corrected chi connectivity index (χ3v) is 7.60. The summed E-state index contributed by atoms with van der Waals surface area (Å²) in [5.74, 6) is 1.72. The molecule has 0 aromatic carbocycles.